The number of rotatable bonds is 2. The first-order valence-corrected chi connectivity index (χ1v) is 5.98. The van der Waals surface area contributed by atoms with E-state index in [4.69, 9.17) is 15.2 Å². The molecule has 3 rings (SSSR count). The zero-order chi connectivity index (χ0) is 12.5. The van der Waals surface area contributed by atoms with E-state index >= 15 is 0 Å². The molecule has 3 nitrogen and oxygen atoms in total. The lowest BCUT2D eigenvalue weighted by Crippen LogP contribution is -1.93. The highest BCUT2D eigenvalue weighted by atomic mass is 16.5. The van der Waals surface area contributed by atoms with Crippen LogP contribution >= 0.6 is 0 Å². The van der Waals surface area contributed by atoms with Gasteiger partial charge in [-0.2, -0.15) is 0 Å². The zero-order valence-electron chi connectivity index (χ0n) is 10.3. The molecule has 2 aromatic carbocycles. The van der Waals surface area contributed by atoms with Crippen LogP contribution in [0.3, 0.4) is 0 Å². The molecule has 0 saturated heterocycles. The molecule has 2 N–H and O–H groups in total. The third-order valence-corrected chi connectivity index (χ3v) is 3.26. The standard InChI is InChI=1S/C15H15NO2/c1-17-14-6-5-11(9-13(14)16)12-4-2-3-10-7-8-18-15(10)12/h2-6,9H,7-8,16H2,1H3. The Bertz CT molecular complexity index is 593. The summed E-state index contributed by atoms with van der Waals surface area (Å²) in [6.45, 7) is 0.762. The highest BCUT2D eigenvalue weighted by molar-refractivity contribution is 5.76. The van der Waals surface area contributed by atoms with E-state index in [0.29, 0.717) is 11.4 Å². The highest BCUT2D eigenvalue weighted by Crippen LogP contribution is 2.38. The molecule has 0 aromatic heterocycles. The Morgan fingerprint density at radius 2 is 2.11 bits per heavy atom. The Balaban J connectivity index is 2.10. The molecule has 0 atom stereocenters. The fourth-order valence-corrected chi connectivity index (χ4v) is 2.34. The largest absolute Gasteiger partial charge is 0.495 e. The van der Waals surface area contributed by atoms with Gasteiger partial charge in [0.1, 0.15) is 11.5 Å². The Labute approximate surface area is 106 Å². The quantitative estimate of drug-likeness (QED) is 0.822. The Hall–Kier alpha value is -2.16. The molecular formula is C15H15NO2. The van der Waals surface area contributed by atoms with Crippen LogP contribution in [0.25, 0.3) is 11.1 Å². The Morgan fingerprint density at radius 1 is 1.22 bits per heavy atom. The molecule has 1 aliphatic heterocycles. The molecule has 1 aliphatic rings. The van der Waals surface area contributed by atoms with Gasteiger partial charge in [0.2, 0.25) is 0 Å². The minimum atomic E-state index is 0.644. The number of ether oxygens (including phenoxy) is 2. The van der Waals surface area contributed by atoms with Crippen LogP contribution in [0.15, 0.2) is 36.4 Å². The third-order valence-electron chi connectivity index (χ3n) is 3.26. The van der Waals surface area contributed by atoms with Gasteiger partial charge in [-0.1, -0.05) is 24.3 Å². The SMILES string of the molecule is COc1ccc(-c2cccc3c2OCC3)cc1N. The topological polar surface area (TPSA) is 44.5 Å². The molecular weight excluding hydrogens is 226 g/mol. The predicted molar refractivity (Wildman–Crippen MR) is 72.0 cm³/mol. The molecule has 0 amide bonds. The van der Waals surface area contributed by atoms with Gasteiger partial charge in [-0.15, -0.1) is 0 Å². The number of nitrogen functional groups attached to an aromatic ring is 1. The summed E-state index contributed by atoms with van der Waals surface area (Å²) in [5, 5.41) is 0. The van der Waals surface area contributed by atoms with Crippen molar-refractivity contribution < 1.29 is 9.47 Å². The lowest BCUT2D eigenvalue weighted by atomic mass is 10.0. The maximum absolute atomic E-state index is 5.95. The molecule has 0 radical (unpaired) electrons. The van der Waals surface area contributed by atoms with E-state index < -0.39 is 0 Å². The molecule has 0 aliphatic carbocycles. The summed E-state index contributed by atoms with van der Waals surface area (Å²) in [5.41, 5.74) is 10.0. The second kappa shape index (κ2) is 4.26. The Kier molecular flexibility index (Phi) is 2.59. The summed E-state index contributed by atoms with van der Waals surface area (Å²) in [5.74, 6) is 1.69. The first kappa shape index (κ1) is 11.0. The van der Waals surface area contributed by atoms with E-state index in [2.05, 4.69) is 18.2 Å². The van der Waals surface area contributed by atoms with Crippen molar-refractivity contribution in [3.05, 3.63) is 42.0 Å². The average Bonchev–Trinajstić information content (AvgIpc) is 2.86. The molecule has 0 bridgehead atoms. The minimum absolute atomic E-state index is 0.644. The number of nitrogens with two attached hydrogens (primary N) is 1. The van der Waals surface area contributed by atoms with E-state index in [1.165, 1.54) is 5.56 Å². The lowest BCUT2D eigenvalue weighted by Gasteiger charge is -2.10. The summed E-state index contributed by atoms with van der Waals surface area (Å²) in [6.07, 6.45) is 0.981. The average molecular weight is 241 g/mol. The molecule has 2 aromatic rings. The van der Waals surface area contributed by atoms with Gasteiger partial charge >= 0.3 is 0 Å². The van der Waals surface area contributed by atoms with Crippen molar-refractivity contribution in [1.29, 1.82) is 0 Å². The molecule has 0 spiro atoms. The van der Waals surface area contributed by atoms with Gasteiger partial charge in [0, 0.05) is 12.0 Å². The zero-order valence-corrected chi connectivity index (χ0v) is 10.3. The fraction of sp³-hybridized carbons (Fsp3) is 0.200. The van der Waals surface area contributed by atoms with E-state index in [0.717, 1.165) is 29.9 Å². The monoisotopic (exact) mass is 241 g/mol. The first-order chi connectivity index (χ1) is 8.79. The second-order valence-electron chi connectivity index (χ2n) is 4.35. The number of methoxy groups -OCH3 is 1. The number of hydrogen-bond acceptors (Lipinski definition) is 3. The summed E-state index contributed by atoms with van der Waals surface area (Å²) >= 11 is 0. The van der Waals surface area contributed by atoms with Crippen LogP contribution < -0.4 is 15.2 Å². The second-order valence-corrected chi connectivity index (χ2v) is 4.35. The van der Waals surface area contributed by atoms with Crippen molar-refractivity contribution in [2.45, 2.75) is 6.42 Å². The number of fused-ring (bicyclic) bond motifs is 1. The van der Waals surface area contributed by atoms with Gasteiger partial charge in [0.25, 0.3) is 0 Å². The molecule has 1 heterocycles. The van der Waals surface area contributed by atoms with Gasteiger partial charge in [-0.05, 0) is 23.3 Å². The van der Waals surface area contributed by atoms with Crippen LogP contribution in [0.4, 0.5) is 5.69 Å². The maximum atomic E-state index is 5.95. The number of hydrogen-bond donors (Lipinski definition) is 1. The number of para-hydroxylation sites is 1. The lowest BCUT2D eigenvalue weighted by molar-refractivity contribution is 0.358. The van der Waals surface area contributed by atoms with Crippen molar-refractivity contribution in [2.24, 2.45) is 0 Å². The van der Waals surface area contributed by atoms with Crippen molar-refractivity contribution in [3.8, 4) is 22.6 Å². The van der Waals surface area contributed by atoms with Crippen molar-refractivity contribution in [2.75, 3.05) is 19.5 Å². The van der Waals surface area contributed by atoms with Crippen LogP contribution in [0.2, 0.25) is 0 Å². The maximum Gasteiger partial charge on any atom is 0.141 e. The first-order valence-electron chi connectivity index (χ1n) is 5.98. The summed E-state index contributed by atoms with van der Waals surface area (Å²) < 4.78 is 10.9. The van der Waals surface area contributed by atoms with Crippen LogP contribution in [0, 0.1) is 0 Å². The van der Waals surface area contributed by atoms with Crippen LogP contribution in [-0.2, 0) is 6.42 Å². The summed E-state index contributed by atoms with van der Waals surface area (Å²) in [6, 6.07) is 12.1. The van der Waals surface area contributed by atoms with E-state index in [-0.39, 0.29) is 0 Å². The van der Waals surface area contributed by atoms with E-state index in [1.807, 2.05) is 18.2 Å². The third kappa shape index (κ3) is 1.68. The molecule has 3 heteroatoms. The van der Waals surface area contributed by atoms with Crippen molar-refractivity contribution in [3.63, 3.8) is 0 Å². The van der Waals surface area contributed by atoms with Crippen molar-refractivity contribution >= 4 is 5.69 Å². The van der Waals surface area contributed by atoms with Gasteiger partial charge in [-0.3, -0.25) is 0 Å². The van der Waals surface area contributed by atoms with Gasteiger partial charge in [0.05, 0.1) is 19.4 Å². The molecule has 0 unspecified atom stereocenters. The number of anilines is 1. The van der Waals surface area contributed by atoms with E-state index in [9.17, 15) is 0 Å². The molecule has 0 fully saturated rings. The van der Waals surface area contributed by atoms with Crippen LogP contribution in [0.5, 0.6) is 11.5 Å². The van der Waals surface area contributed by atoms with Gasteiger partial charge < -0.3 is 15.2 Å². The predicted octanol–water partition coefficient (Wildman–Crippen LogP) is 2.88. The van der Waals surface area contributed by atoms with Gasteiger partial charge in [-0.25, -0.2) is 0 Å². The summed E-state index contributed by atoms with van der Waals surface area (Å²) in [7, 11) is 1.62. The fourth-order valence-electron chi connectivity index (χ4n) is 2.34. The van der Waals surface area contributed by atoms with E-state index in [1.54, 1.807) is 7.11 Å². The highest BCUT2D eigenvalue weighted by Gasteiger charge is 2.17. The minimum Gasteiger partial charge on any atom is -0.495 e. The summed E-state index contributed by atoms with van der Waals surface area (Å²) in [4.78, 5) is 0. The normalized spacial score (nSPS) is 12.9. The molecule has 18 heavy (non-hydrogen) atoms. The number of benzene rings is 2. The van der Waals surface area contributed by atoms with Crippen LogP contribution in [0.1, 0.15) is 5.56 Å². The molecule has 92 valence electrons. The van der Waals surface area contributed by atoms with Gasteiger partial charge in [0.15, 0.2) is 0 Å². The van der Waals surface area contributed by atoms with Crippen LogP contribution in [-0.4, -0.2) is 13.7 Å². The smallest absolute Gasteiger partial charge is 0.141 e. The van der Waals surface area contributed by atoms with Crippen molar-refractivity contribution in [1.82, 2.24) is 0 Å². The molecule has 0 saturated carbocycles. The Morgan fingerprint density at radius 3 is 2.89 bits per heavy atom.